The second kappa shape index (κ2) is 12.3. The van der Waals surface area contributed by atoms with Crippen LogP contribution in [0.4, 0.5) is 11.4 Å². The van der Waals surface area contributed by atoms with Gasteiger partial charge in [0.05, 0.1) is 27.0 Å². The summed E-state index contributed by atoms with van der Waals surface area (Å²) in [6.07, 6.45) is 0.761. The Balaban J connectivity index is 1.49. The number of thioether (sulfide) groups is 1. The molecule has 2 amide bonds. The first-order chi connectivity index (χ1) is 18.0. The summed E-state index contributed by atoms with van der Waals surface area (Å²) in [6, 6.07) is 22.3. The van der Waals surface area contributed by atoms with Crippen LogP contribution >= 0.6 is 11.8 Å². The summed E-state index contributed by atoms with van der Waals surface area (Å²) in [5, 5.41) is 3.31. The molecule has 0 aliphatic carbocycles. The van der Waals surface area contributed by atoms with Crippen molar-refractivity contribution in [3.8, 4) is 17.2 Å². The van der Waals surface area contributed by atoms with Crippen LogP contribution < -0.4 is 24.4 Å². The Bertz CT molecular complexity index is 1260. The smallest absolute Gasteiger partial charge is 0.247 e. The van der Waals surface area contributed by atoms with Gasteiger partial charge in [-0.15, -0.1) is 0 Å². The zero-order valence-corrected chi connectivity index (χ0v) is 21.8. The first-order valence-corrected chi connectivity index (χ1v) is 12.6. The predicted molar refractivity (Wildman–Crippen MR) is 147 cm³/mol. The SMILES string of the molecule is COc1ccc(N2C(=O)CC(SC(=NCCc3ccc(OC)c(OC)c3)Nc3ccccc3)C2=O)cc1. The number of nitrogens with one attached hydrogen (secondary N) is 1. The molecule has 0 saturated carbocycles. The predicted octanol–water partition coefficient (Wildman–Crippen LogP) is 4.79. The summed E-state index contributed by atoms with van der Waals surface area (Å²) in [5.41, 5.74) is 2.42. The number of para-hydroxylation sites is 1. The van der Waals surface area contributed by atoms with Gasteiger partial charge in [0.2, 0.25) is 11.8 Å². The van der Waals surface area contributed by atoms with Crippen molar-refractivity contribution in [2.45, 2.75) is 18.1 Å². The molecular formula is C28H29N3O5S. The van der Waals surface area contributed by atoms with E-state index in [2.05, 4.69) is 5.32 Å². The Morgan fingerprint density at radius 3 is 2.35 bits per heavy atom. The number of benzene rings is 3. The summed E-state index contributed by atoms with van der Waals surface area (Å²) in [7, 11) is 4.78. The molecule has 1 saturated heterocycles. The van der Waals surface area contributed by atoms with Crippen molar-refractivity contribution in [3.63, 3.8) is 0 Å². The maximum absolute atomic E-state index is 13.2. The molecule has 9 heteroatoms. The zero-order valence-electron chi connectivity index (χ0n) is 21.0. The highest BCUT2D eigenvalue weighted by Gasteiger charge is 2.40. The molecule has 0 aromatic heterocycles. The number of amides is 2. The number of amidine groups is 1. The Morgan fingerprint density at radius 1 is 0.946 bits per heavy atom. The van der Waals surface area contributed by atoms with Gasteiger partial charge < -0.3 is 19.5 Å². The van der Waals surface area contributed by atoms with Gasteiger partial charge in [0.25, 0.3) is 0 Å². The molecule has 192 valence electrons. The molecule has 1 fully saturated rings. The van der Waals surface area contributed by atoms with Gasteiger partial charge in [-0.2, -0.15) is 0 Å². The van der Waals surface area contributed by atoms with Crippen LogP contribution in [0.1, 0.15) is 12.0 Å². The van der Waals surface area contributed by atoms with Gasteiger partial charge in [-0.3, -0.25) is 14.6 Å². The number of rotatable bonds is 9. The molecule has 1 aliphatic rings. The number of hydrogen-bond acceptors (Lipinski definition) is 7. The number of ether oxygens (including phenoxy) is 3. The highest BCUT2D eigenvalue weighted by atomic mass is 32.2. The third kappa shape index (κ3) is 6.42. The largest absolute Gasteiger partial charge is 0.497 e. The summed E-state index contributed by atoms with van der Waals surface area (Å²) in [6.45, 7) is 0.481. The standard InChI is InChI=1S/C28H29N3O5S/c1-34-22-12-10-21(11-13-22)31-26(32)18-25(27(31)33)37-28(30-20-7-5-4-6-8-20)29-16-15-19-9-14-23(35-2)24(17-19)36-3/h4-14,17,25H,15-16,18H2,1-3H3,(H,29,30). The Morgan fingerprint density at radius 2 is 1.68 bits per heavy atom. The van der Waals surface area contributed by atoms with Crippen molar-refractivity contribution in [2.24, 2.45) is 4.99 Å². The molecule has 1 aliphatic heterocycles. The van der Waals surface area contributed by atoms with Crippen LogP contribution in [0.5, 0.6) is 17.2 Å². The van der Waals surface area contributed by atoms with Gasteiger partial charge in [-0.25, -0.2) is 4.90 Å². The van der Waals surface area contributed by atoms with Crippen molar-refractivity contribution in [1.29, 1.82) is 0 Å². The fourth-order valence-corrected chi connectivity index (χ4v) is 4.95. The number of carbonyl (C=O) groups is 2. The van der Waals surface area contributed by atoms with Crippen molar-refractivity contribution in [1.82, 2.24) is 0 Å². The Hall–Kier alpha value is -3.98. The molecule has 1 unspecified atom stereocenters. The summed E-state index contributed by atoms with van der Waals surface area (Å²) in [5.74, 6) is 1.49. The molecule has 8 nitrogen and oxygen atoms in total. The minimum absolute atomic E-state index is 0.0979. The van der Waals surface area contributed by atoms with Crippen LogP contribution in [0.2, 0.25) is 0 Å². The molecule has 3 aromatic rings. The molecule has 37 heavy (non-hydrogen) atoms. The van der Waals surface area contributed by atoms with Crippen LogP contribution in [-0.2, 0) is 16.0 Å². The number of imide groups is 1. The topological polar surface area (TPSA) is 89.5 Å². The molecule has 4 rings (SSSR count). The lowest BCUT2D eigenvalue weighted by molar-refractivity contribution is -0.121. The Labute approximate surface area is 220 Å². The van der Waals surface area contributed by atoms with E-state index in [0.717, 1.165) is 11.3 Å². The van der Waals surface area contributed by atoms with E-state index in [1.807, 2.05) is 48.5 Å². The first kappa shape index (κ1) is 26.1. The van der Waals surface area contributed by atoms with Crippen molar-refractivity contribution < 1.29 is 23.8 Å². The second-order valence-corrected chi connectivity index (χ2v) is 9.38. The van der Waals surface area contributed by atoms with E-state index in [9.17, 15) is 9.59 Å². The van der Waals surface area contributed by atoms with Gasteiger partial charge in [-0.1, -0.05) is 36.0 Å². The summed E-state index contributed by atoms with van der Waals surface area (Å²) in [4.78, 5) is 32.0. The van der Waals surface area contributed by atoms with Gasteiger partial charge in [-0.05, 0) is 60.5 Å². The van der Waals surface area contributed by atoms with E-state index < -0.39 is 5.25 Å². The number of anilines is 2. The number of hydrogen-bond donors (Lipinski definition) is 1. The van der Waals surface area contributed by atoms with E-state index in [4.69, 9.17) is 19.2 Å². The fraction of sp³-hybridized carbons (Fsp3) is 0.250. The number of aliphatic imine (C=N–C) groups is 1. The first-order valence-electron chi connectivity index (χ1n) is 11.8. The summed E-state index contributed by atoms with van der Waals surface area (Å²) < 4.78 is 15.9. The molecule has 1 atom stereocenters. The lowest BCUT2D eigenvalue weighted by atomic mass is 10.1. The molecule has 0 bridgehead atoms. The van der Waals surface area contributed by atoms with Crippen molar-refractivity contribution >= 4 is 40.1 Å². The fourth-order valence-electron chi connectivity index (χ4n) is 3.91. The lowest BCUT2D eigenvalue weighted by Gasteiger charge is -2.16. The average molecular weight is 520 g/mol. The lowest BCUT2D eigenvalue weighted by Crippen LogP contribution is -2.31. The quantitative estimate of drug-likeness (QED) is 0.247. The van der Waals surface area contributed by atoms with Gasteiger partial charge >= 0.3 is 0 Å². The molecular weight excluding hydrogens is 490 g/mol. The van der Waals surface area contributed by atoms with E-state index in [0.29, 0.717) is 41.1 Å². The minimum atomic E-state index is -0.578. The van der Waals surface area contributed by atoms with Crippen LogP contribution in [0.15, 0.2) is 77.8 Å². The van der Waals surface area contributed by atoms with Crippen LogP contribution in [-0.4, -0.2) is 50.1 Å². The maximum Gasteiger partial charge on any atom is 0.247 e. The van der Waals surface area contributed by atoms with E-state index in [-0.39, 0.29) is 18.2 Å². The molecule has 1 N–H and O–H groups in total. The van der Waals surface area contributed by atoms with Crippen molar-refractivity contribution in [3.05, 3.63) is 78.4 Å². The highest BCUT2D eigenvalue weighted by Crippen LogP contribution is 2.32. The minimum Gasteiger partial charge on any atom is -0.497 e. The Kier molecular flexibility index (Phi) is 8.68. The van der Waals surface area contributed by atoms with Gasteiger partial charge in [0.15, 0.2) is 16.7 Å². The number of carbonyl (C=O) groups excluding carboxylic acids is 2. The monoisotopic (exact) mass is 519 g/mol. The molecule has 1 heterocycles. The van der Waals surface area contributed by atoms with E-state index >= 15 is 0 Å². The number of nitrogens with zero attached hydrogens (tertiary/aromatic N) is 2. The van der Waals surface area contributed by atoms with Gasteiger partial charge in [0, 0.05) is 18.7 Å². The summed E-state index contributed by atoms with van der Waals surface area (Å²) >= 11 is 1.27. The van der Waals surface area contributed by atoms with Crippen LogP contribution in [0.25, 0.3) is 0 Å². The van der Waals surface area contributed by atoms with Crippen LogP contribution in [0, 0.1) is 0 Å². The molecule has 0 spiro atoms. The second-order valence-electron chi connectivity index (χ2n) is 8.19. The van der Waals surface area contributed by atoms with Crippen LogP contribution in [0.3, 0.4) is 0 Å². The van der Waals surface area contributed by atoms with Crippen molar-refractivity contribution in [2.75, 3.05) is 38.1 Å². The number of methoxy groups -OCH3 is 3. The van der Waals surface area contributed by atoms with E-state index in [1.54, 1.807) is 45.6 Å². The normalized spacial score (nSPS) is 15.6. The van der Waals surface area contributed by atoms with Gasteiger partial charge in [0.1, 0.15) is 11.0 Å². The highest BCUT2D eigenvalue weighted by molar-refractivity contribution is 8.15. The third-order valence-electron chi connectivity index (χ3n) is 5.82. The third-order valence-corrected chi connectivity index (χ3v) is 6.93. The molecule has 3 aromatic carbocycles. The molecule has 0 radical (unpaired) electrons. The van der Waals surface area contributed by atoms with E-state index in [1.165, 1.54) is 16.7 Å². The maximum atomic E-state index is 13.2. The zero-order chi connectivity index (χ0) is 26.2. The average Bonchev–Trinajstić information content (AvgIpc) is 3.21.